The molecule has 1 aromatic heterocycles. The van der Waals surface area contributed by atoms with Crippen molar-refractivity contribution in [3.05, 3.63) is 39.8 Å². The Morgan fingerprint density at radius 3 is 2.90 bits per heavy atom. The van der Waals surface area contributed by atoms with E-state index in [-0.39, 0.29) is 0 Å². The van der Waals surface area contributed by atoms with Crippen LogP contribution in [0.15, 0.2) is 23.6 Å². The molecule has 1 aliphatic rings. The Hall–Kier alpha value is -1.99. The van der Waals surface area contributed by atoms with Gasteiger partial charge in [0.15, 0.2) is 10.8 Å². The van der Waals surface area contributed by atoms with Crippen LogP contribution in [0, 0.1) is 11.8 Å². The molecule has 2 aromatic rings. The highest BCUT2D eigenvalue weighted by atomic mass is 32.1. The summed E-state index contributed by atoms with van der Waals surface area (Å²) < 4.78 is 5.29. The number of hydrogen-bond acceptors (Lipinski definition) is 4. The number of nitrogens with zero attached hydrogens (tertiary/aromatic N) is 1. The van der Waals surface area contributed by atoms with E-state index in [1.807, 2.05) is 18.2 Å². The van der Waals surface area contributed by atoms with Gasteiger partial charge in [-0.25, -0.2) is 4.98 Å². The summed E-state index contributed by atoms with van der Waals surface area (Å²) in [6.45, 7) is 0. The van der Waals surface area contributed by atoms with E-state index in [0.717, 1.165) is 10.6 Å². The molecule has 0 aliphatic heterocycles. The van der Waals surface area contributed by atoms with Gasteiger partial charge >= 0.3 is 0 Å². The van der Waals surface area contributed by atoms with Crippen LogP contribution >= 0.6 is 11.3 Å². The van der Waals surface area contributed by atoms with E-state index in [2.05, 4.69) is 22.2 Å². The van der Waals surface area contributed by atoms with E-state index in [0.29, 0.717) is 17.4 Å². The summed E-state index contributed by atoms with van der Waals surface area (Å²) in [6.07, 6.45) is 3.85. The maximum absolute atomic E-state index is 5.86. The second-order valence-corrected chi connectivity index (χ2v) is 5.74. The molecular formula is C16H16N2OS. The first-order chi connectivity index (χ1) is 9.78. The molecule has 1 aromatic carbocycles. The zero-order valence-electron chi connectivity index (χ0n) is 11.3. The van der Waals surface area contributed by atoms with Crippen LogP contribution in [0.3, 0.4) is 0 Å². The molecule has 1 saturated carbocycles. The van der Waals surface area contributed by atoms with Gasteiger partial charge in [-0.05, 0) is 30.9 Å². The molecule has 0 saturated heterocycles. The normalized spacial score (nSPS) is 14.2. The monoisotopic (exact) mass is 284 g/mol. The van der Waals surface area contributed by atoms with Crippen molar-refractivity contribution >= 4 is 17.0 Å². The van der Waals surface area contributed by atoms with Gasteiger partial charge in [-0.15, -0.1) is 11.3 Å². The van der Waals surface area contributed by atoms with Crippen molar-refractivity contribution in [3.8, 4) is 17.6 Å². The van der Waals surface area contributed by atoms with E-state index < -0.39 is 0 Å². The topological polar surface area (TPSA) is 48.1 Å². The van der Waals surface area contributed by atoms with Gasteiger partial charge < -0.3 is 10.5 Å². The van der Waals surface area contributed by atoms with Crippen LogP contribution in [0.4, 0.5) is 5.69 Å². The zero-order valence-corrected chi connectivity index (χ0v) is 12.2. The first-order valence-electron chi connectivity index (χ1n) is 6.68. The Kier molecular flexibility index (Phi) is 3.62. The quantitative estimate of drug-likeness (QED) is 0.679. The average molecular weight is 284 g/mol. The summed E-state index contributed by atoms with van der Waals surface area (Å²) in [5.41, 5.74) is 8.47. The highest BCUT2D eigenvalue weighted by Gasteiger charge is 2.21. The number of methoxy groups -OCH3 is 1. The molecule has 3 rings (SSSR count). The van der Waals surface area contributed by atoms with Crippen molar-refractivity contribution in [2.24, 2.45) is 0 Å². The van der Waals surface area contributed by atoms with Crippen molar-refractivity contribution in [2.45, 2.75) is 25.2 Å². The van der Waals surface area contributed by atoms with E-state index >= 15 is 0 Å². The number of thiazole rings is 1. The maximum Gasteiger partial charge on any atom is 0.167 e. The van der Waals surface area contributed by atoms with Gasteiger partial charge in [-0.1, -0.05) is 18.4 Å². The van der Waals surface area contributed by atoms with E-state index in [9.17, 15) is 0 Å². The zero-order chi connectivity index (χ0) is 13.9. The SMILES string of the molecule is COc1c(N)cccc1C#Cc1nc(C2CCC2)cs1. The first kappa shape index (κ1) is 13.0. The number of benzene rings is 1. The number of aromatic nitrogens is 1. The lowest BCUT2D eigenvalue weighted by Gasteiger charge is -2.22. The standard InChI is InChI=1S/C16H16N2OS/c1-19-16-12(6-3-7-13(16)17)8-9-15-18-14(10-20-15)11-4-2-5-11/h3,6-7,10-11H,2,4-5,17H2,1H3. The molecule has 20 heavy (non-hydrogen) atoms. The summed E-state index contributed by atoms with van der Waals surface area (Å²) in [7, 11) is 1.61. The fourth-order valence-electron chi connectivity index (χ4n) is 2.24. The number of nitrogen functional groups attached to an aromatic ring is 1. The molecule has 102 valence electrons. The Labute approximate surface area is 122 Å². The predicted octanol–water partition coefficient (Wildman–Crippen LogP) is 3.40. The molecule has 2 N–H and O–H groups in total. The van der Waals surface area contributed by atoms with Gasteiger partial charge in [0.05, 0.1) is 24.1 Å². The van der Waals surface area contributed by atoms with Crippen LogP contribution in [0.2, 0.25) is 0 Å². The highest BCUT2D eigenvalue weighted by molar-refractivity contribution is 7.10. The molecule has 3 nitrogen and oxygen atoms in total. The molecule has 0 radical (unpaired) electrons. The fourth-order valence-corrected chi connectivity index (χ4v) is 2.98. The smallest absolute Gasteiger partial charge is 0.167 e. The first-order valence-corrected chi connectivity index (χ1v) is 7.56. The van der Waals surface area contributed by atoms with Crippen LogP contribution < -0.4 is 10.5 Å². The lowest BCUT2D eigenvalue weighted by atomic mass is 9.83. The van der Waals surface area contributed by atoms with Crippen molar-refractivity contribution in [1.82, 2.24) is 4.98 Å². The Morgan fingerprint density at radius 1 is 1.35 bits per heavy atom. The molecule has 1 aliphatic carbocycles. The summed E-state index contributed by atoms with van der Waals surface area (Å²) >= 11 is 1.61. The molecule has 1 fully saturated rings. The second kappa shape index (κ2) is 5.56. The van der Waals surface area contributed by atoms with E-state index in [1.54, 1.807) is 18.4 Å². The van der Waals surface area contributed by atoms with Gasteiger partial charge in [-0.3, -0.25) is 0 Å². The van der Waals surface area contributed by atoms with Crippen molar-refractivity contribution < 1.29 is 4.74 Å². The minimum absolute atomic E-state index is 0.605. The molecule has 0 unspecified atom stereocenters. The minimum Gasteiger partial charge on any atom is -0.493 e. The lowest BCUT2D eigenvalue weighted by Crippen LogP contribution is -2.08. The third-order valence-corrected chi connectivity index (χ3v) is 4.38. The van der Waals surface area contributed by atoms with Crippen molar-refractivity contribution in [3.63, 3.8) is 0 Å². The van der Waals surface area contributed by atoms with Crippen LogP contribution in [-0.2, 0) is 0 Å². The molecule has 0 spiro atoms. The number of rotatable bonds is 2. The predicted molar refractivity (Wildman–Crippen MR) is 82.1 cm³/mol. The maximum atomic E-state index is 5.86. The molecule has 0 bridgehead atoms. The van der Waals surface area contributed by atoms with Gasteiger partial charge in [0.2, 0.25) is 0 Å². The van der Waals surface area contributed by atoms with Crippen molar-refractivity contribution in [2.75, 3.05) is 12.8 Å². The van der Waals surface area contributed by atoms with Crippen LogP contribution in [0.1, 0.15) is 41.4 Å². The van der Waals surface area contributed by atoms with Gasteiger partial charge in [0.1, 0.15) is 0 Å². The van der Waals surface area contributed by atoms with Crippen LogP contribution in [-0.4, -0.2) is 12.1 Å². The van der Waals surface area contributed by atoms with E-state index in [4.69, 9.17) is 10.5 Å². The third-order valence-electron chi connectivity index (χ3n) is 3.60. The minimum atomic E-state index is 0.605. The number of para-hydroxylation sites is 1. The number of nitrogens with two attached hydrogens (primary N) is 1. The summed E-state index contributed by atoms with van der Waals surface area (Å²) in [5.74, 6) is 7.50. The Morgan fingerprint density at radius 2 is 2.20 bits per heavy atom. The van der Waals surface area contributed by atoms with E-state index in [1.165, 1.54) is 25.0 Å². The number of ether oxygens (including phenoxy) is 1. The highest BCUT2D eigenvalue weighted by Crippen LogP contribution is 2.36. The molecule has 1 heterocycles. The second-order valence-electron chi connectivity index (χ2n) is 4.88. The number of hydrogen-bond donors (Lipinski definition) is 1. The summed E-state index contributed by atoms with van der Waals surface area (Å²) in [6, 6.07) is 5.59. The molecule has 0 amide bonds. The largest absolute Gasteiger partial charge is 0.493 e. The van der Waals surface area contributed by atoms with Crippen LogP contribution in [0.25, 0.3) is 0 Å². The average Bonchev–Trinajstić information content (AvgIpc) is 2.83. The fraction of sp³-hybridized carbons (Fsp3) is 0.312. The van der Waals surface area contributed by atoms with Gasteiger partial charge in [0, 0.05) is 11.3 Å². The van der Waals surface area contributed by atoms with Crippen LogP contribution in [0.5, 0.6) is 5.75 Å². The van der Waals surface area contributed by atoms with Gasteiger partial charge in [0.25, 0.3) is 0 Å². The third kappa shape index (κ3) is 2.50. The summed E-state index contributed by atoms with van der Waals surface area (Å²) in [5, 5.41) is 2.99. The molecule has 0 atom stereocenters. The number of anilines is 1. The Balaban J connectivity index is 1.84. The van der Waals surface area contributed by atoms with Gasteiger partial charge in [-0.2, -0.15) is 0 Å². The molecule has 4 heteroatoms. The molecular weight excluding hydrogens is 268 g/mol. The van der Waals surface area contributed by atoms with Crippen molar-refractivity contribution in [1.29, 1.82) is 0 Å². The lowest BCUT2D eigenvalue weighted by molar-refractivity contribution is 0.412. The summed E-state index contributed by atoms with van der Waals surface area (Å²) in [4.78, 5) is 4.60. The Bertz CT molecular complexity index is 677.